The molecule has 0 spiro atoms. The first kappa shape index (κ1) is 12.9. The summed E-state index contributed by atoms with van der Waals surface area (Å²) >= 11 is 5.37. The fraction of sp³-hybridized carbons (Fsp3) is 0.833. The van der Waals surface area contributed by atoms with E-state index in [1.807, 2.05) is 0 Å². The molecule has 5 nitrogen and oxygen atoms in total. The summed E-state index contributed by atoms with van der Waals surface area (Å²) in [6, 6.07) is -0.747. The van der Waals surface area contributed by atoms with Crippen molar-refractivity contribution in [2.75, 3.05) is 13.7 Å². The van der Waals surface area contributed by atoms with Crippen LogP contribution in [0.4, 0.5) is 0 Å². The van der Waals surface area contributed by atoms with Gasteiger partial charge in [0.1, 0.15) is 6.04 Å². The van der Waals surface area contributed by atoms with Crippen LogP contribution in [0.5, 0.6) is 0 Å². The Kier molecular flexibility index (Phi) is 5.56. The summed E-state index contributed by atoms with van der Waals surface area (Å²) in [5.74, 6) is -0.513. The third-order valence-corrected chi connectivity index (χ3v) is 3.10. The number of esters is 1. The van der Waals surface area contributed by atoms with Crippen LogP contribution in [-0.4, -0.2) is 25.7 Å². The molecule has 2 atom stereocenters. The molecule has 0 radical (unpaired) electrons. The predicted octanol–water partition coefficient (Wildman–Crippen LogP) is 1.52. The van der Waals surface area contributed by atoms with Crippen molar-refractivity contribution in [3.8, 4) is 0 Å². The zero-order chi connectivity index (χ0) is 10.5. The lowest BCUT2D eigenvalue weighted by molar-refractivity contribution is -0.144. The highest BCUT2D eigenvalue weighted by Gasteiger charge is 2.24. The molecule has 0 amide bonds. The van der Waals surface area contributed by atoms with Crippen LogP contribution in [0, 0.1) is 0 Å². The minimum Gasteiger partial charge on any atom is -0.465 e. The van der Waals surface area contributed by atoms with Crippen molar-refractivity contribution in [3.63, 3.8) is 0 Å². The maximum absolute atomic E-state index is 11.1. The number of rotatable bonds is 5. The summed E-state index contributed by atoms with van der Waals surface area (Å²) in [5.41, 5.74) is 0. The Balaban J connectivity index is 4.07. The van der Waals surface area contributed by atoms with E-state index in [-0.39, 0.29) is 6.61 Å². The molecule has 0 heterocycles. The standard InChI is InChI=1S/C6H13ClNO4P/c1-4-12-6(9)5(2)8-13(7,10)11-3/h5H,4H2,1-3H3,(H,8,10). The summed E-state index contributed by atoms with van der Waals surface area (Å²) in [7, 11) is 1.19. The van der Waals surface area contributed by atoms with E-state index < -0.39 is 18.9 Å². The van der Waals surface area contributed by atoms with Crippen molar-refractivity contribution in [2.24, 2.45) is 0 Å². The average Bonchev–Trinajstić information content (AvgIpc) is 2.04. The van der Waals surface area contributed by atoms with Crippen LogP contribution >= 0.6 is 18.1 Å². The summed E-state index contributed by atoms with van der Waals surface area (Å²) in [4.78, 5) is 11.0. The lowest BCUT2D eigenvalue weighted by atomic mass is 10.4. The Labute approximate surface area is 82.0 Å². The zero-order valence-electron chi connectivity index (χ0n) is 7.74. The van der Waals surface area contributed by atoms with E-state index in [9.17, 15) is 9.36 Å². The summed E-state index contributed by atoms with van der Waals surface area (Å²) in [5, 5.41) is 2.31. The van der Waals surface area contributed by atoms with E-state index in [0.29, 0.717) is 0 Å². The van der Waals surface area contributed by atoms with Gasteiger partial charge in [-0.3, -0.25) is 9.36 Å². The highest BCUT2D eigenvalue weighted by Crippen LogP contribution is 2.47. The SMILES string of the molecule is CCOC(=O)C(C)NP(=O)(Cl)OC. The lowest BCUT2D eigenvalue weighted by Crippen LogP contribution is -2.32. The topological polar surface area (TPSA) is 64.6 Å². The third-order valence-electron chi connectivity index (χ3n) is 1.22. The molecule has 0 rings (SSSR count). The van der Waals surface area contributed by atoms with Crippen LogP contribution in [0.3, 0.4) is 0 Å². The number of hydrogen-bond acceptors (Lipinski definition) is 4. The van der Waals surface area contributed by atoms with Crippen LogP contribution in [0.2, 0.25) is 0 Å². The van der Waals surface area contributed by atoms with Gasteiger partial charge in [-0.25, -0.2) is 5.09 Å². The van der Waals surface area contributed by atoms with Crippen molar-refractivity contribution in [2.45, 2.75) is 19.9 Å². The summed E-state index contributed by atoms with van der Waals surface area (Å²) < 4.78 is 20.2. The van der Waals surface area contributed by atoms with Gasteiger partial charge in [-0.15, -0.1) is 0 Å². The molecule has 13 heavy (non-hydrogen) atoms. The van der Waals surface area contributed by atoms with E-state index in [0.717, 1.165) is 0 Å². The van der Waals surface area contributed by atoms with Crippen LogP contribution in [0.1, 0.15) is 13.8 Å². The van der Waals surface area contributed by atoms with E-state index in [4.69, 9.17) is 11.2 Å². The van der Waals surface area contributed by atoms with Gasteiger partial charge in [0, 0.05) is 7.11 Å². The normalized spacial score (nSPS) is 17.5. The highest BCUT2D eigenvalue weighted by molar-refractivity contribution is 7.83. The average molecular weight is 230 g/mol. The first-order chi connectivity index (χ1) is 5.93. The molecule has 0 saturated carbocycles. The predicted molar refractivity (Wildman–Crippen MR) is 49.7 cm³/mol. The van der Waals surface area contributed by atoms with Crippen molar-refractivity contribution in [1.82, 2.24) is 5.09 Å². The monoisotopic (exact) mass is 229 g/mol. The molecule has 0 aliphatic heterocycles. The van der Waals surface area contributed by atoms with Gasteiger partial charge in [0.15, 0.2) is 0 Å². The number of nitrogens with one attached hydrogen (secondary N) is 1. The Morgan fingerprint density at radius 1 is 1.69 bits per heavy atom. The van der Waals surface area contributed by atoms with Crippen molar-refractivity contribution < 1.29 is 18.6 Å². The minimum absolute atomic E-state index is 0.268. The van der Waals surface area contributed by atoms with Crippen LogP contribution in [0.25, 0.3) is 0 Å². The zero-order valence-corrected chi connectivity index (χ0v) is 9.39. The molecular formula is C6H13ClNO4P. The number of carbonyl (C=O) groups is 1. The molecule has 0 aromatic carbocycles. The molecule has 0 saturated heterocycles. The Hall–Kier alpha value is -0.0900. The molecule has 0 aliphatic rings. The van der Waals surface area contributed by atoms with E-state index in [1.165, 1.54) is 14.0 Å². The minimum atomic E-state index is -3.39. The van der Waals surface area contributed by atoms with Crippen molar-refractivity contribution in [1.29, 1.82) is 0 Å². The van der Waals surface area contributed by atoms with Gasteiger partial charge in [-0.1, -0.05) is 0 Å². The smallest absolute Gasteiger partial charge is 0.360 e. The van der Waals surface area contributed by atoms with E-state index in [2.05, 4.69) is 14.3 Å². The molecule has 0 bridgehead atoms. The van der Waals surface area contributed by atoms with Crippen LogP contribution in [-0.2, 0) is 18.6 Å². The summed E-state index contributed by atoms with van der Waals surface area (Å²) in [6.07, 6.45) is 0. The van der Waals surface area contributed by atoms with Crippen LogP contribution < -0.4 is 5.09 Å². The molecule has 0 aromatic heterocycles. The number of hydrogen-bond donors (Lipinski definition) is 1. The van der Waals surface area contributed by atoms with Gasteiger partial charge in [-0.05, 0) is 25.1 Å². The molecule has 2 unspecified atom stereocenters. The van der Waals surface area contributed by atoms with Gasteiger partial charge >= 0.3 is 12.8 Å². The third kappa shape index (κ3) is 5.26. The molecular weight excluding hydrogens is 216 g/mol. The second-order valence-corrected chi connectivity index (χ2v) is 5.18. The Morgan fingerprint density at radius 3 is 2.62 bits per heavy atom. The maximum Gasteiger partial charge on any atom is 0.360 e. The quantitative estimate of drug-likeness (QED) is 0.572. The van der Waals surface area contributed by atoms with Gasteiger partial charge < -0.3 is 9.26 Å². The first-order valence-corrected chi connectivity index (χ1v) is 6.25. The fourth-order valence-electron chi connectivity index (χ4n) is 0.604. The lowest BCUT2D eigenvalue weighted by Gasteiger charge is -2.15. The summed E-state index contributed by atoms with van der Waals surface area (Å²) in [6.45, 7) is 0.0564. The molecule has 7 heteroatoms. The van der Waals surface area contributed by atoms with Crippen LogP contribution in [0.15, 0.2) is 0 Å². The molecule has 78 valence electrons. The highest BCUT2D eigenvalue weighted by atomic mass is 35.7. The van der Waals surface area contributed by atoms with Gasteiger partial charge in [0.05, 0.1) is 6.61 Å². The number of carbonyl (C=O) groups excluding carboxylic acids is 1. The largest absolute Gasteiger partial charge is 0.465 e. The Morgan fingerprint density at radius 2 is 2.23 bits per heavy atom. The fourth-order valence-corrected chi connectivity index (χ4v) is 1.72. The number of halogens is 1. The molecule has 0 aromatic rings. The molecule has 1 N–H and O–H groups in total. The molecule has 0 fully saturated rings. The first-order valence-electron chi connectivity index (χ1n) is 3.72. The second-order valence-electron chi connectivity index (χ2n) is 2.27. The van der Waals surface area contributed by atoms with Gasteiger partial charge in [-0.2, -0.15) is 0 Å². The van der Waals surface area contributed by atoms with Gasteiger partial charge in [0.25, 0.3) is 0 Å². The Bertz CT molecular complexity index is 223. The molecule has 0 aliphatic carbocycles. The number of ether oxygens (including phenoxy) is 1. The van der Waals surface area contributed by atoms with Crippen molar-refractivity contribution >= 4 is 24.1 Å². The van der Waals surface area contributed by atoms with E-state index >= 15 is 0 Å². The van der Waals surface area contributed by atoms with Crippen molar-refractivity contribution in [3.05, 3.63) is 0 Å². The van der Waals surface area contributed by atoms with E-state index in [1.54, 1.807) is 6.92 Å². The maximum atomic E-state index is 11.1. The van der Waals surface area contributed by atoms with Gasteiger partial charge in [0.2, 0.25) is 0 Å². The second kappa shape index (κ2) is 5.60.